The van der Waals surface area contributed by atoms with E-state index in [9.17, 15) is 4.79 Å². The molecule has 0 saturated carbocycles. The molecule has 0 radical (unpaired) electrons. The third-order valence-corrected chi connectivity index (χ3v) is 3.59. The number of hydrogen-bond donors (Lipinski definition) is 2. The third-order valence-electron chi connectivity index (χ3n) is 3.59. The quantitative estimate of drug-likeness (QED) is 0.851. The van der Waals surface area contributed by atoms with Crippen molar-refractivity contribution < 1.29 is 9.53 Å². The van der Waals surface area contributed by atoms with Crippen LogP contribution in [0.2, 0.25) is 0 Å². The van der Waals surface area contributed by atoms with E-state index >= 15 is 0 Å². The predicted molar refractivity (Wildman–Crippen MR) is 75.5 cm³/mol. The molecular weight excluding hydrogens is 240 g/mol. The first kappa shape index (κ1) is 13.9. The van der Waals surface area contributed by atoms with Crippen molar-refractivity contribution in [3.63, 3.8) is 0 Å². The number of carbonyl (C=O) groups excluding carboxylic acids is 1. The standard InChI is InChI=1S/C15H22N2O2/c1-19-14-6-4-13(5-7-14)15(18)17-10-8-12-3-2-9-16-11-12/h4-7,12,16H,2-3,8-11H2,1H3,(H,17,18). The SMILES string of the molecule is COc1ccc(C(=O)NCCC2CCCNC2)cc1. The van der Waals surface area contributed by atoms with Crippen LogP contribution in [0.4, 0.5) is 0 Å². The van der Waals surface area contributed by atoms with Gasteiger partial charge in [0.2, 0.25) is 0 Å². The van der Waals surface area contributed by atoms with Crippen LogP contribution in [0, 0.1) is 5.92 Å². The number of hydrogen-bond acceptors (Lipinski definition) is 3. The van der Waals surface area contributed by atoms with Gasteiger partial charge in [0.1, 0.15) is 5.75 Å². The van der Waals surface area contributed by atoms with Crippen molar-refractivity contribution in [3.8, 4) is 5.75 Å². The van der Waals surface area contributed by atoms with E-state index in [2.05, 4.69) is 10.6 Å². The number of amides is 1. The van der Waals surface area contributed by atoms with E-state index in [1.165, 1.54) is 12.8 Å². The summed E-state index contributed by atoms with van der Waals surface area (Å²) in [5, 5.41) is 6.37. The number of ether oxygens (including phenoxy) is 1. The second-order valence-electron chi connectivity index (χ2n) is 4.99. The van der Waals surface area contributed by atoms with E-state index in [0.29, 0.717) is 11.5 Å². The number of methoxy groups -OCH3 is 1. The maximum atomic E-state index is 11.9. The van der Waals surface area contributed by atoms with Gasteiger partial charge in [-0.15, -0.1) is 0 Å². The van der Waals surface area contributed by atoms with Crippen LogP contribution in [-0.4, -0.2) is 32.7 Å². The smallest absolute Gasteiger partial charge is 0.251 e. The summed E-state index contributed by atoms with van der Waals surface area (Å²) in [6.45, 7) is 2.96. The van der Waals surface area contributed by atoms with E-state index in [4.69, 9.17) is 4.74 Å². The van der Waals surface area contributed by atoms with Crippen LogP contribution in [0.25, 0.3) is 0 Å². The van der Waals surface area contributed by atoms with Gasteiger partial charge in [0.05, 0.1) is 7.11 Å². The molecule has 1 aromatic carbocycles. The first-order chi connectivity index (χ1) is 9.29. The minimum Gasteiger partial charge on any atom is -0.497 e. The molecule has 0 spiro atoms. The summed E-state index contributed by atoms with van der Waals surface area (Å²) in [5.74, 6) is 1.46. The first-order valence-corrected chi connectivity index (χ1v) is 6.92. The normalized spacial score (nSPS) is 18.9. The molecule has 1 amide bonds. The van der Waals surface area contributed by atoms with E-state index in [1.54, 1.807) is 31.4 Å². The van der Waals surface area contributed by atoms with Crippen molar-refractivity contribution >= 4 is 5.91 Å². The van der Waals surface area contributed by atoms with Crippen molar-refractivity contribution in [1.29, 1.82) is 0 Å². The fraction of sp³-hybridized carbons (Fsp3) is 0.533. The van der Waals surface area contributed by atoms with E-state index in [0.717, 1.165) is 31.8 Å². The highest BCUT2D eigenvalue weighted by Crippen LogP contribution is 2.14. The van der Waals surface area contributed by atoms with Crippen LogP contribution in [0.3, 0.4) is 0 Å². The van der Waals surface area contributed by atoms with E-state index in [-0.39, 0.29) is 5.91 Å². The molecule has 1 atom stereocenters. The topological polar surface area (TPSA) is 50.4 Å². The van der Waals surface area contributed by atoms with Gasteiger partial charge in [-0.05, 0) is 62.5 Å². The Kier molecular flexibility index (Phi) is 5.21. The van der Waals surface area contributed by atoms with Gasteiger partial charge in [0, 0.05) is 12.1 Å². The molecule has 104 valence electrons. The monoisotopic (exact) mass is 262 g/mol. The Hall–Kier alpha value is -1.55. The number of piperidine rings is 1. The van der Waals surface area contributed by atoms with Crippen molar-refractivity contribution in [2.24, 2.45) is 5.92 Å². The van der Waals surface area contributed by atoms with Gasteiger partial charge < -0.3 is 15.4 Å². The molecule has 1 heterocycles. The van der Waals surface area contributed by atoms with Gasteiger partial charge in [-0.2, -0.15) is 0 Å². The highest BCUT2D eigenvalue weighted by Gasteiger charge is 2.13. The summed E-state index contributed by atoms with van der Waals surface area (Å²) >= 11 is 0. The Morgan fingerprint density at radius 3 is 2.84 bits per heavy atom. The molecule has 2 rings (SSSR count). The molecule has 0 bridgehead atoms. The zero-order valence-electron chi connectivity index (χ0n) is 11.4. The summed E-state index contributed by atoms with van der Waals surface area (Å²) in [7, 11) is 1.62. The second-order valence-corrected chi connectivity index (χ2v) is 4.99. The summed E-state index contributed by atoms with van der Waals surface area (Å²) < 4.78 is 5.07. The van der Waals surface area contributed by atoms with Gasteiger partial charge in [-0.1, -0.05) is 0 Å². The molecule has 1 fully saturated rings. The predicted octanol–water partition coefficient (Wildman–Crippen LogP) is 1.81. The average Bonchev–Trinajstić information content (AvgIpc) is 2.48. The van der Waals surface area contributed by atoms with Crippen LogP contribution in [0.5, 0.6) is 5.75 Å². The number of carbonyl (C=O) groups is 1. The lowest BCUT2D eigenvalue weighted by molar-refractivity contribution is 0.0950. The highest BCUT2D eigenvalue weighted by molar-refractivity contribution is 5.94. The largest absolute Gasteiger partial charge is 0.497 e. The van der Waals surface area contributed by atoms with Crippen molar-refractivity contribution in [2.45, 2.75) is 19.3 Å². The van der Waals surface area contributed by atoms with Gasteiger partial charge in [0.15, 0.2) is 0 Å². The lowest BCUT2D eigenvalue weighted by atomic mass is 9.96. The zero-order chi connectivity index (χ0) is 13.5. The molecule has 1 aliphatic heterocycles. The Morgan fingerprint density at radius 2 is 2.21 bits per heavy atom. The lowest BCUT2D eigenvalue weighted by Gasteiger charge is -2.22. The van der Waals surface area contributed by atoms with Gasteiger partial charge in [0.25, 0.3) is 5.91 Å². The fourth-order valence-corrected chi connectivity index (χ4v) is 2.40. The molecular formula is C15H22N2O2. The van der Waals surface area contributed by atoms with Crippen LogP contribution < -0.4 is 15.4 Å². The molecule has 4 nitrogen and oxygen atoms in total. The second kappa shape index (κ2) is 7.14. The Morgan fingerprint density at radius 1 is 1.42 bits per heavy atom. The van der Waals surface area contributed by atoms with Gasteiger partial charge in [-0.25, -0.2) is 0 Å². The molecule has 4 heteroatoms. The molecule has 2 N–H and O–H groups in total. The van der Waals surface area contributed by atoms with Crippen LogP contribution in [-0.2, 0) is 0 Å². The molecule has 1 unspecified atom stereocenters. The molecule has 0 aromatic heterocycles. The number of benzene rings is 1. The number of nitrogens with one attached hydrogen (secondary N) is 2. The van der Waals surface area contributed by atoms with Crippen LogP contribution in [0.15, 0.2) is 24.3 Å². The fourth-order valence-electron chi connectivity index (χ4n) is 2.40. The molecule has 0 aliphatic carbocycles. The summed E-state index contributed by atoms with van der Waals surface area (Å²) in [5.41, 5.74) is 0.683. The van der Waals surface area contributed by atoms with Gasteiger partial charge >= 0.3 is 0 Å². The van der Waals surface area contributed by atoms with Gasteiger partial charge in [-0.3, -0.25) is 4.79 Å². The zero-order valence-corrected chi connectivity index (χ0v) is 11.4. The Balaban J connectivity index is 1.73. The average molecular weight is 262 g/mol. The molecule has 1 aliphatic rings. The third kappa shape index (κ3) is 4.24. The summed E-state index contributed by atoms with van der Waals surface area (Å²) in [4.78, 5) is 11.9. The van der Waals surface area contributed by atoms with E-state index in [1.807, 2.05) is 0 Å². The minimum atomic E-state index is -0.00794. The lowest BCUT2D eigenvalue weighted by Crippen LogP contribution is -2.33. The maximum Gasteiger partial charge on any atom is 0.251 e. The van der Waals surface area contributed by atoms with Crippen molar-refractivity contribution in [2.75, 3.05) is 26.7 Å². The maximum absolute atomic E-state index is 11.9. The summed E-state index contributed by atoms with van der Waals surface area (Å²) in [6, 6.07) is 7.19. The van der Waals surface area contributed by atoms with Crippen molar-refractivity contribution in [1.82, 2.24) is 10.6 Å². The van der Waals surface area contributed by atoms with Crippen LogP contribution >= 0.6 is 0 Å². The molecule has 19 heavy (non-hydrogen) atoms. The van der Waals surface area contributed by atoms with E-state index < -0.39 is 0 Å². The molecule has 1 saturated heterocycles. The summed E-state index contributed by atoms with van der Waals surface area (Å²) in [6.07, 6.45) is 3.57. The number of rotatable bonds is 5. The minimum absolute atomic E-state index is 0.00794. The first-order valence-electron chi connectivity index (χ1n) is 6.92. The van der Waals surface area contributed by atoms with Crippen molar-refractivity contribution in [3.05, 3.63) is 29.8 Å². The highest BCUT2D eigenvalue weighted by atomic mass is 16.5. The molecule has 1 aromatic rings. The van der Waals surface area contributed by atoms with Crippen LogP contribution in [0.1, 0.15) is 29.6 Å². The Labute approximate surface area is 114 Å². The Bertz CT molecular complexity index is 397.